The SMILES string of the molecule is COc1ccc(-c2nc(NCc3ccco3)n(C(=O)c3cccc(C)c3)n2)cc1. The number of rotatable bonds is 6. The van der Waals surface area contributed by atoms with E-state index in [0.717, 1.165) is 22.6 Å². The molecule has 0 unspecified atom stereocenters. The first-order chi connectivity index (χ1) is 14.1. The molecule has 0 atom stereocenters. The van der Waals surface area contributed by atoms with Crippen LogP contribution < -0.4 is 10.1 Å². The zero-order chi connectivity index (χ0) is 20.2. The van der Waals surface area contributed by atoms with Crippen molar-refractivity contribution < 1.29 is 13.9 Å². The predicted octanol–water partition coefficient (Wildman–Crippen LogP) is 4.16. The molecule has 0 aliphatic rings. The summed E-state index contributed by atoms with van der Waals surface area (Å²) in [5.74, 6) is 1.99. The summed E-state index contributed by atoms with van der Waals surface area (Å²) in [6.07, 6.45) is 1.60. The minimum Gasteiger partial charge on any atom is -0.497 e. The van der Waals surface area contributed by atoms with Crippen LogP contribution in [0.5, 0.6) is 5.75 Å². The maximum atomic E-state index is 13.1. The number of aryl methyl sites for hydroxylation is 1. The molecule has 4 rings (SSSR count). The Labute approximate surface area is 168 Å². The molecule has 146 valence electrons. The number of ether oxygens (including phenoxy) is 1. The van der Waals surface area contributed by atoms with E-state index in [1.165, 1.54) is 4.68 Å². The van der Waals surface area contributed by atoms with Crippen LogP contribution in [0.15, 0.2) is 71.3 Å². The normalized spacial score (nSPS) is 10.7. The van der Waals surface area contributed by atoms with Crippen LogP contribution in [0, 0.1) is 6.92 Å². The van der Waals surface area contributed by atoms with Crippen molar-refractivity contribution in [3.05, 3.63) is 83.8 Å². The van der Waals surface area contributed by atoms with E-state index in [4.69, 9.17) is 9.15 Å². The van der Waals surface area contributed by atoms with Crippen molar-refractivity contribution >= 4 is 11.9 Å². The Hall–Kier alpha value is -3.87. The molecule has 1 N–H and O–H groups in total. The van der Waals surface area contributed by atoms with Crippen molar-refractivity contribution in [1.82, 2.24) is 14.8 Å². The van der Waals surface area contributed by atoms with Crippen molar-refractivity contribution in [3.8, 4) is 17.1 Å². The van der Waals surface area contributed by atoms with Gasteiger partial charge >= 0.3 is 0 Å². The molecule has 29 heavy (non-hydrogen) atoms. The summed E-state index contributed by atoms with van der Waals surface area (Å²) in [6, 6.07) is 18.4. The van der Waals surface area contributed by atoms with Crippen LogP contribution in [0.25, 0.3) is 11.4 Å². The largest absolute Gasteiger partial charge is 0.497 e. The van der Waals surface area contributed by atoms with Gasteiger partial charge < -0.3 is 14.5 Å². The molecule has 2 aromatic heterocycles. The Kier molecular flexibility index (Phi) is 5.11. The third kappa shape index (κ3) is 4.03. The first kappa shape index (κ1) is 18.5. The highest BCUT2D eigenvalue weighted by atomic mass is 16.5. The van der Waals surface area contributed by atoms with Crippen LogP contribution in [-0.2, 0) is 6.54 Å². The number of benzene rings is 2. The number of nitrogens with one attached hydrogen (secondary N) is 1. The van der Waals surface area contributed by atoms with Gasteiger partial charge in [-0.05, 0) is 55.5 Å². The molecule has 0 fully saturated rings. The summed E-state index contributed by atoms with van der Waals surface area (Å²) in [4.78, 5) is 17.6. The number of carbonyl (C=O) groups excluding carboxylic acids is 1. The molecule has 0 bridgehead atoms. The summed E-state index contributed by atoms with van der Waals surface area (Å²) >= 11 is 0. The maximum absolute atomic E-state index is 13.1. The van der Waals surface area contributed by atoms with E-state index in [1.54, 1.807) is 19.4 Å². The highest BCUT2D eigenvalue weighted by Crippen LogP contribution is 2.22. The molecule has 2 aromatic carbocycles. The van der Waals surface area contributed by atoms with Crippen LogP contribution in [0.1, 0.15) is 21.7 Å². The van der Waals surface area contributed by atoms with E-state index >= 15 is 0 Å². The molecular formula is C22H20N4O3. The number of aromatic nitrogens is 3. The number of methoxy groups -OCH3 is 1. The van der Waals surface area contributed by atoms with Crippen molar-refractivity contribution in [2.24, 2.45) is 0 Å². The van der Waals surface area contributed by atoms with Crippen LogP contribution in [0.3, 0.4) is 0 Å². The van der Waals surface area contributed by atoms with Gasteiger partial charge in [0.15, 0.2) is 5.82 Å². The van der Waals surface area contributed by atoms with Crippen molar-refractivity contribution in [3.63, 3.8) is 0 Å². The van der Waals surface area contributed by atoms with E-state index in [-0.39, 0.29) is 5.91 Å². The summed E-state index contributed by atoms with van der Waals surface area (Å²) in [5.41, 5.74) is 2.32. The third-order valence-corrected chi connectivity index (χ3v) is 4.41. The second-order valence-corrected chi connectivity index (χ2v) is 6.51. The number of hydrogen-bond donors (Lipinski definition) is 1. The van der Waals surface area contributed by atoms with Crippen LogP contribution >= 0.6 is 0 Å². The number of hydrogen-bond acceptors (Lipinski definition) is 6. The highest BCUT2D eigenvalue weighted by molar-refractivity contribution is 5.97. The van der Waals surface area contributed by atoms with Crippen molar-refractivity contribution in [2.75, 3.05) is 12.4 Å². The van der Waals surface area contributed by atoms with E-state index in [1.807, 2.05) is 61.5 Å². The van der Waals surface area contributed by atoms with E-state index in [2.05, 4.69) is 15.4 Å². The Bertz CT molecular complexity index is 1120. The van der Waals surface area contributed by atoms with E-state index < -0.39 is 0 Å². The van der Waals surface area contributed by atoms with Gasteiger partial charge in [-0.1, -0.05) is 17.7 Å². The van der Waals surface area contributed by atoms with Gasteiger partial charge in [0, 0.05) is 11.1 Å². The molecule has 0 saturated heterocycles. The lowest BCUT2D eigenvalue weighted by atomic mass is 10.1. The molecule has 0 amide bonds. The Balaban J connectivity index is 1.70. The van der Waals surface area contributed by atoms with E-state index in [9.17, 15) is 4.79 Å². The molecule has 7 heteroatoms. The van der Waals surface area contributed by atoms with Crippen molar-refractivity contribution in [2.45, 2.75) is 13.5 Å². The number of anilines is 1. The lowest BCUT2D eigenvalue weighted by Crippen LogP contribution is -2.17. The topological polar surface area (TPSA) is 82.2 Å². The molecule has 4 aromatic rings. The fraction of sp³-hybridized carbons (Fsp3) is 0.136. The number of nitrogens with zero attached hydrogens (tertiary/aromatic N) is 3. The second kappa shape index (κ2) is 8.02. The minimum absolute atomic E-state index is 0.261. The van der Waals surface area contributed by atoms with Crippen LogP contribution in [0.4, 0.5) is 5.95 Å². The van der Waals surface area contributed by atoms with Crippen LogP contribution in [-0.4, -0.2) is 27.8 Å². The second-order valence-electron chi connectivity index (χ2n) is 6.51. The molecule has 7 nitrogen and oxygen atoms in total. The molecular weight excluding hydrogens is 368 g/mol. The van der Waals surface area contributed by atoms with Gasteiger partial charge in [0.05, 0.1) is 19.9 Å². The van der Waals surface area contributed by atoms with Gasteiger partial charge in [-0.2, -0.15) is 9.67 Å². The predicted molar refractivity (Wildman–Crippen MR) is 109 cm³/mol. The lowest BCUT2D eigenvalue weighted by Gasteiger charge is -2.06. The molecule has 0 aliphatic carbocycles. The van der Waals surface area contributed by atoms with Crippen LogP contribution in [0.2, 0.25) is 0 Å². The number of furan rings is 1. The maximum Gasteiger partial charge on any atom is 0.281 e. The van der Waals surface area contributed by atoms with Gasteiger partial charge in [-0.25, -0.2) is 0 Å². The summed E-state index contributed by atoms with van der Waals surface area (Å²) < 4.78 is 11.8. The fourth-order valence-electron chi connectivity index (χ4n) is 2.91. The third-order valence-electron chi connectivity index (χ3n) is 4.41. The number of carbonyl (C=O) groups is 1. The molecule has 0 spiro atoms. The average molecular weight is 388 g/mol. The van der Waals surface area contributed by atoms with Gasteiger partial charge in [-0.15, -0.1) is 5.10 Å². The van der Waals surface area contributed by atoms with Gasteiger partial charge in [-0.3, -0.25) is 4.79 Å². The Morgan fingerprint density at radius 3 is 2.66 bits per heavy atom. The van der Waals surface area contributed by atoms with Gasteiger partial charge in [0.25, 0.3) is 5.91 Å². The van der Waals surface area contributed by atoms with Gasteiger partial charge in [0.2, 0.25) is 5.95 Å². The molecule has 0 saturated carbocycles. The monoisotopic (exact) mass is 388 g/mol. The van der Waals surface area contributed by atoms with Crippen molar-refractivity contribution in [1.29, 1.82) is 0 Å². The quantitative estimate of drug-likeness (QED) is 0.534. The lowest BCUT2D eigenvalue weighted by molar-refractivity contribution is 0.0947. The average Bonchev–Trinajstić information content (AvgIpc) is 3.41. The fourth-order valence-corrected chi connectivity index (χ4v) is 2.91. The zero-order valence-electron chi connectivity index (χ0n) is 16.1. The molecule has 0 radical (unpaired) electrons. The van der Waals surface area contributed by atoms with E-state index in [0.29, 0.717) is 23.9 Å². The Morgan fingerprint density at radius 2 is 1.97 bits per heavy atom. The Morgan fingerprint density at radius 1 is 1.14 bits per heavy atom. The summed E-state index contributed by atoms with van der Waals surface area (Å²) in [5, 5.41) is 7.61. The minimum atomic E-state index is -0.261. The summed E-state index contributed by atoms with van der Waals surface area (Å²) in [6.45, 7) is 2.33. The first-order valence-corrected chi connectivity index (χ1v) is 9.13. The first-order valence-electron chi connectivity index (χ1n) is 9.13. The standard InChI is InChI=1S/C22H20N4O3/c1-15-5-3-6-17(13-15)21(27)26-22(23-14-19-7-4-12-29-19)24-20(25-26)16-8-10-18(28-2)11-9-16/h3-13H,14H2,1-2H3,(H,23,24,25). The zero-order valence-corrected chi connectivity index (χ0v) is 16.1. The molecule has 2 heterocycles. The smallest absolute Gasteiger partial charge is 0.281 e. The summed E-state index contributed by atoms with van der Waals surface area (Å²) in [7, 11) is 1.61. The highest BCUT2D eigenvalue weighted by Gasteiger charge is 2.19. The van der Waals surface area contributed by atoms with Gasteiger partial charge in [0.1, 0.15) is 11.5 Å². The molecule has 0 aliphatic heterocycles.